The van der Waals surface area contributed by atoms with Crippen molar-refractivity contribution in [3.63, 3.8) is 0 Å². The summed E-state index contributed by atoms with van der Waals surface area (Å²) < 4.78 is 24.7. The molecule has 29 heavy (non-hydrogen) atoms. The lowest BCUT2D eigenvalue weighted by Crippen LogP contribution is -2.33. The molecular weight excluding hydrogens is 386 g/mol. The summed E-state index contributed by atoms with van der Waals surface area (Å²) in [7, 11) is -3.41. The Kier molecular flexibility index (Phi) is 5.64. The zero-order valence-corrected chi connectivity index (χ0v) is 17.1. The molecule has 1 fully saturated rings. The topological polar surface area (TPSA) is 88.9 Å². The lowest BCUT2D eigenvalue weighted by molar-refractivity contribution is 0.202. The molecule has 0 radical (unpaired) electrons. The molecule has 0 bridgehead atoms. The van der Waals surface area contributed by atoms with Gasteiger partial charge in [-0.1, -0.05) is 12.1 Å². The monoisotopic (exact) mass is 409 g/mol. The van der Waals surface area contributed by atoms with Gasteiger partial charge < -0.3 is 0 Å². The number of nitrogens with zero attached hydrogens (tertiary/aromatic N) is 5. The molecule has 1 saturated heterocycles. The summed E-state index contributed by atoms with van der Waals surface area (Å²) >= 11 is 0. The molecule has 3 aromatic rings. The summed E-state index contributed by atoms with van der Waals surface area (Å²) in [4.78, 5) is 20.0. The van der Waals surface area contributed by atoms with Crippen LogP contribution < -0.4 is 0 Å². The third kappa shape index (κ3) is 4.65. The van der Waals surface area contributed by atoms with Gasteiger partial charge in [-0.15, -0.1) is 0 Å². The summed E-state index contributed by atoms with van der Waals surface area (Å²) in [6.07, 6.45) is 9.69. The molecule has 0 spiro atoms. The lowest BCUT2D eigenvalue weighted by atomic mass is 9.93. The van der Waals surface area contributed by atoms with Crippen molar-refractivity contribution in [2.45, 2.75) is 30.2 Å². The van der Waals surface area contributed by atoms with Gasteiger partial charge in [0.1, 0.15) is 10.6 Å². The highest BCUT2D eigenvalue weighted by Crippen LogP contribution is 2.32. The van der Waals surface area contributed by atoms with Gasteiger partial charge in [-0.2, -0.15) is 0 Å². The van der Waals surface area contributed by atoms with E-state index in [0.717, 1.165) is 32.5 Å². The normalized spacial score (nSPS) is 16.0. The number of hydrogen-bond donors (Lipinski definition) is 0. The largest absolute Gasteiger partial charge is 0.299 e. The zero-order chi connectivity index (χ0) is 20.3. The van der Waals surface area contributed by atoms with Crippen molar-refractivity contribution in [1.82, 2.24) is 24.8 Å². The molecule has 3 aromatic heterocycles. The van der Waals surface area contributed by atoms with Crippen LogP contribution in [0.3, 0.4) is 0 Å². The molecule has 0 atom stereocenters. The van der Waals surface area contributed by atoms with E-state index in [1.54, 1.807) is 12.4 Å². The van der Waals surface area contributed by atoms with Crippen LogP contribution in [0.2, 0.25) is 0 Å². The molecule has 0 saturated carbocycles. The highest BCUT2D eigenvalue weighted by Gasteiger charge is 2.28. The molecule has 8 heteroatoms. The fourth-order valence-corrected chi connectivity index (χ4v) is 4.53. The van der Waals surface area contributed by atoms with E-state index in [1.165, 1.54) is 18.0 Å². The van der Waals surface area contributed by atoms with Crippen LogP contribution in [0.25, 0.3) is 11.5 Å². The van der Waals surface area contributed by atoms with E-state index < -0.39 is 9.84 Å². The van der Waals surface area contributed by atoms with Crippen LogP contribution in [0.4, 0.5) is 0 Å². The van der Waals surface area contributed by atoms with Crippen molar-refractivity contribution >= 4 is 9.84 Å². The van der Waals surface area contributed by atoms with Gasteiger partial charge in [0.2, 0.25) is 0 Å². The first-order chi connectivity index (χ1) is 14.0. The van der Waals surface area contributed by atoms with Gasteiger partial charge in [0, 0.05) is 43.5 Å². The highest BCUT2D eigenvalue weighted by molar-refractivity contribution is 7.90. The van der Waals surface area contributed by atoms with Crippen molar-refractivity contribution in [3.05, 3.63) is 66.4 Å². The second-order valence-electron chi connectivity index (χ2n) is 7.34. The van der Waals surface area contributed by atoms with Gasteiger partial charge in [-0.25, -0.2) is 18.4 Å². The number of hydrogen-bond acceptors (Lipinski definition) is 7. The van der Waals surface area contributed by atoms with E-state index in [4.69, 9.17) is 0 Å². The summed E-state index contributed by atoms with van der Waals surface area (Å²) in [6, 6.07) is 9.54. The first-order valence-corrected chi connectivity index (χ1v) is 11.5. The molecule has 4 heterocycles. The van der Waals surface area contributed by atoms with E-state index in [2.05, 4.69) is 30.9 Å². The molecule has 7 nitrogen and oxygen atoms in total. The minimum Gasteiger partial charge on any atom is -0.299 e. The molecule has 1 aliphatic rings. The summed E-state index contributed by atoms with van der Waals surface area (Å²) in [5, 5.41) is 0. The second-order valence-corrected chi connectivity index (χ2v) is 9.33. The molecule has 0 N–H and O–H groups in total. The van der Waals surface area contributed by atoms with Crippen LogP contribution in [0.5, 0.6) is 0 Å². The molecule has 0 unspecified atom stereocenters. The maximum Gasteiger partial charge on any atom is 0.178 e. The molecule has 150 valence electrons. The first-order valence-electron chi connectivity index (χ1n) is 9.60. The third-order valence-electron chi connectivity index (χ3n) is 5.18. The average molecular weight is 410 g/mol. The predicted octanol–water partition coefficient (Wildman–Crippen LogP) is 2.72. The maximum atomic E-state index is 12.3. The molecular formula is C21H23N5O2S. The van der Waals surface area contributed by atoms with Gasteiger partial charge in [0.05, 0.1) is 5.69 Å². The predicted molar refractivity (Wildman–Crippen MR) is 110 cm³/mol. The van der Waals surface area contributed by atoms with Crippen LogP contribution in [0.1, 0.15) is 30.0 Å². The standard InChI is InChI=1S/C21H23N5O2S/c1-29(27,28)19-14-24-21(18-6-2-3-10-23-18)25-20(19)17-7-11-26(12-8-17)15-16-5-4-9-22-13-16/h2-6,9-10,13-14,17H,7-8,11-12,15H2,1H3. The van der Waals surface area contributed by atoms with Crippen molar-refractivity contribution in [2.24, 2.45) is 0 Å². The Morgan fingerprint density at radius 1 is 1.03 bits per heavy atom. The average Bonchev–Trinajstić information content (AvgIpc) is 2.75. The van der Waals surface area contributed by atoms with Crippen molar-refractivity contribution in [2.75, 3.05) is 19.3 Å². The molecule has 0 aliphatic carbocycles. The Hall–Kier alpha value is -2.71. The van der Waals surface area contributed by atoms with Gasteiger partial charge in [-0.05, 0) is 49.7 Å². The van der Waals surface area contributed by atoms with Crippen LogP contribution in [0.15, 0.2) is 60.0 Å². The Morgan fingerprint density at radius 2 is 1.86 bits per heavy atom. The summed E-state index contributed by atoms with van der Waals surface area (Å²) in [5.41, 5.74) is 2.44. The van der Waals surface area contributed by atoms with Crippen LogP contribution in [-0.2, 0) is 16.4 Å². The molecule has 0 amide bonds. The Bertz CT molecular complexity index is 1070. The summed E-state index contributed by atoms with van der Waals surface area (Å²) in [6.45, 7) is 2.61. The van der Waals surface area contributed by atoms with E-state index in [9.17, 15) is 8.42 Å². The lowest BCUT2D eigenvalue weighted by Gasteiger charge is -2.32. The first kappa shape index (κ1) is 19.6. The van der Waals surface area contributed by atoms with E-state index in [0.29, 0.717) is 17.2 Å². The van der Waals surface area contributed by atoms with Crippen molar-refractivity contribution < 1.29 is 8.42 Å². The molecule has 1 aliphatic heterocycles. The van der Waals surface area contributed by atoms with Gasteiger partial charge in [0.15, 0.2) is 15.7 Å². The number of sulfone groups is 1. The fourth-order valence-electron chi connectivity index (χ4n) is 3.69. The van der Waals surface area contributed by atoms with Gasteiger partial charge >= 0.3 is 0 Å². The van der Waals surface area contributed by atoms with E-state index >= 15 is 0 Å². The van der Waals surface area contributed by atoms with E-state index in [1.807, 2.05) is 30.5 Å². The fraction of sp³-hybridized carbons (Fsp3) is 0.333. The number of aromatic nitrogens is 4. The number of likely N-dealkylation sites (tertiary alicyclic amines) is 1. The number of piperidine rings is 1. The molecule has 0 aromatic carbocycles. The Labute approximate surface area is 170 Å². The van der Waals surface area contributed by atoms with Crippen molar-refractivity contribution in [3.8, 4) is 11.5 Å². The van der Waals surface area contributed by atoms with Crippen molar-refractivity contribution in [1.29, 1.82) is 0 Å². The third-order valence-corrected chi connectivity index (χ3v) is 6.29. The van der Waals surface area contributed by atoms with Crippen LogP contribution in [0, 0.1) is 0 Å². The Morgan fingerprint density at radius 3 is 2.52 bits per heavy atom. The van der Waals surface area contributed by atoms with E-state index in [-0.39, 0.29) is 10.8 Å². The minimum atomic E-state index is -3.41. The number of rotatable bonds is 5. The smallest absolute Gasteiger partial charge is 0.178 e. The number of pyridine rings is 2. The Balaban J connectivity index is 1.57. The van der Waals surface area contributed by atoms with Gasteiger partial charge in [0.25, 0.3) is 0 Å². The molecule has 4 rings (SSSR count). The van der Waals surface area contributed by atoms with Gasteiger partial charge in [-0.3, -0.25) is 14.9 Å². The van der Waals surface area contributed by atoms with Crippen LogP contribution >= 0.6 is 0 Å². The van der Waals surface area contributed by atoms with Crippen LogP contribution in [-0.4, -0.2) is 52.6 Å². The quantitative estimate of drug-likeness (QED) is 0.640. The minimum absolute atomic E-state index is 0.0790. The SMILES string of the molecule is CS(=O)(=O)c1cnc(-c2ccccn2)nc1C1CCN(Cc2cccnc2)CC1. The maximum absolute atomic E-state index is 12.3. The highest BCUT2D eigenvalue weighted by atomic mass is 32.2. The zero-order valence-electron chi connectivity index (χ0n) is 16.3. The summed E-state index contributed by atoms with van der Waals surface area (Å²) in [5.74, 6) is 0.543. The second kappa shape index (κ2) is 8.34.